The topological polar surface area (TPSA) is 38.9 Å². The van der Waals surface area contributed by atoms with Crippen molar-refractivity contribution < 1.29 is 35.5 Å². The summed E-state index contributed by atoms with van der Waals surface area (Å²) in [6.45, 7) is 0. The minimum atomic E-state index is 0. The van der Waals surface area contributed by atoms with Crippen molar-refractivity contribution in [3.63, 3.8) is 0 Å². The number of hydrogen-bond acceptors (Lipinski definition) is 3. The zero-order valence-electron chi connectivity index (χ0n) is 3.18. The minimum absolute atomic E-state index is 0. The molecular formula is C2IN2OU-. The molecule has 36 valence electrons. The van der Waals surface area contributed by atoms with Gasteiger partial charge >= 0.3 is 0 Å². The molecule has 0 aliphatic heterocycles. The van der Waals surface area contributed by atoms with Gasteiger partial charge in [0.25, 0.3) is 0 Å². The Morgan fingerprint density at radius 2 is 2.43 bits per heavy atom. The van der Waals surface area contributed by atoms with Gasteiger partial charge in [-0.2, -0.15) is 0 Å². The molecule has 0 aromatic carbocycles. The van der Waals surface area contributed by atoms with Crippen LogP contribution in [-0.4, -0.2) is 10.2 Å². The van der Waals surface area contributed by atoms with Crippen LogP contribution in [0.2, 0.25) is 0 Å². The molecule has 0 aliphatic rings. The van der Waals surface area contributed by atoms with Gasteiger partial charge in [0.15, 0.2) is 0 Å². The third-order valence-corrected chi connectivity index (χ3v) is 0.735. The molecular weight excluding hydrogens is 433 g/mol. The van der Waals surface area contributed by atoms with E-state index in [2.05, 4.69) is 21.0 Å². The van der Waals surface area contributed by atoms with E-state index in [0.717, 1.165) is 0 Å². The molecule has 0 radical (unpaired) electrons. The van der Waals surface area contributed by atoms with Gasteiger partial charge in [-0.3, -0.25) is 0 Å². The van der Waals surface area contributed by atoms with E-state index in [0.29, 0.717) is 3.90 Å². The molecule has 0 amide bonds. The van der Waals surface area contributed by atoms with Gasteiger partial charge in [0, 0.05) is 31.1 Å². The van der Waals surface area contributed by atoms with Gasteiger partial charge in [0.1, 0.15) is 3.90 Å². The van der Waals surface area contributed by atoms with Crippen LogP contribution in [0.25, 0.3) is 0 Å². The van der Waals surface area contributed by atoms with Gasteiger partial charge in [-0.15, -0.1) is 22.6 Å². The maximum absolute atomic E-state index is 4.47. The number of rotatable bonds is 0. The van der Waals surface area contributed by atoms with Crippen molar-refractivity contribution in [3.8, 4) is 0 Å². The molecule has 5 heteroatoms. The van der Waals surface area contributed by atoms with Crippen LogP contribution in [0.1, 0.15) is 0 Å². The third kappa shape index (κ3) is 2.67. The fourth-order valence-corrected chi connectivity index (χ4v) is 0.345. The van der Waals surface area contributed by atoms with E-state index in [4.69, 9.17) is 0 Å². The predicted molar refractivity (Wildman–Crippen MR) is 25.9 cm³/mol. The first-order chi connectivity index (χ1) is 2.89. The molecule has 0 saturated carbocycles. The van der Waals surface area contributed by atoms with Gasteiger partial charge in [0.2, 0.25) is 0 Å². The minimum Gasteiger partial charge on any atom is -0.605 e. The van der Waals surface area contributed by atoms with E-state index in [1.807, 2.05) is 22.6 Å². The van der Waals surface area contributed by atoms with Crippen LogP contribution in [-0.2, 0) is 0 Å². The van der Waals surface area contributed by atoms with Crippen LogP contribution in [0, 0.1) is 41.4 Å². The average molecular weight is 433 g/mol. The Kier molecular flexibility index (Phi) is 4.38. The summed E-state index contributed by atoms with van der Waals surface area (Å²) in [6, 6.07) is 0. The smallest absolute Gasteiger partial charge is 0.118 e. The molecule has 1 heterocycles. The van der Waals surface area contributed by atoms with Crippen LogP contribution >= 0.6 is 22.6 Å². The van der Waals surface area contributed by atoms with Gasteiger partial charge in [-0.05, 0) is 0 Å². The van der Waals surface area contributed by atoms with Crippen LogP contribution in [0.5, 0.6) is 0 Å². The van der Waals surface area contributed by atoms with Gasteiger partial charge in [-0.25, -0.2) is 10.2 Å². The van der Waals surface area contributed by atoms with Crippen molar-refractivity contribution in [2.24, 2.45) is 0 Å². The largest absolute Gasteiger partial charge is 0.605 e. The average Bonchev–Trinajstić information content (AvgIpc) is 1.86. The summed E-state index contributed by atoms with van der Waals surface area (Å²) in [4.78, 5) is 0. The molecule has 3 nitrogen and oxygen atoms in total. The zero-order valence-corrected chi connectivity index (χ0v) is 9.50. The zero-order chi connectivity index (χ0) is 4.41. The Hall–Kier alpha value is 0.922. The molecule has 0 unspecified atom stereocenters. The summed E-state index contributed by atoms with van der Waals surface area (Å²) in [5, 5.41) is 6.70. The van der Waals surface area contributed by atoms with Crippen LogP contribution in [0.4, 0.5) is 0 Å². The van der Waals surface area contributed by atoms with E-state index in [1.54, 1.807) is 0 Å². The number of aromatic nitrogens is 2. The van der Waals surface area contributed by atoms with E-state index >= 15 is 0 Å². The molecule has 0 saturated heterocycles. The molecule has 0 fully saturated rings. The summed E-state index contributed by atoms with van der Waals surface area (Å²) in [5.41, 5.74) is 0. The molecule has 1 aromatic heterocycles. The quantitative estimate of drug-likeness (QED) is 0.442. The SMILES string of the molecule is Ic1nn[c-]o1.[U]. The Labute approximate surface area is 77.8 Å². The Morgan fingerprint density at radius 1 is 1.71 bits per heavy atom. The van der Waals surface area contributed by atoms with Crippen molar-refractivity contribution in [1.29, 1.82) is 0 Å². The molecule has 7 heavy (non-hydrogen) atoms. The molecule has 0 aliphatic carbocycles. The van der Waals surface area contributed by atoms with Gasteiger partial charge in [-0.1, -0.05) is 0 Å². The maximum Gasteiger partial charge on any atom is 0.118 e. The number of hydrogen-bond donors (Lipinski definition) is 0. The number of halogens is 1. The fraction of sp³-hybridized carbons (Fsp3) is 0. The standard InChI is InChI=1S/C2IN2O.U/c3-2-5-4-1-6-2;/q-1;. The second kappa shape index (κ2) is 3.87. The first-order valence-electron chi connectivity index (χ1n) is 1.24. The van der Waals surface area contributed by atoms with Crippen molar-refractivity contribution in [1.82, 2.24) is 10.2 Å². The normalized spacial score (nSPS) is 7.57. The number of nitrogens with zero attached hydrogens (tertiary/aromatic N) is 2. The summed E-state index contributed by atoms with van der Waals surface area (Å²) in [7, 11) is 0. The molecule has 0 bridgehead atoms. The van der Waals surface area contributed by atoms with Crippen LogP contribution in [0.15, 0.2) is 4.42 Å². The first-order valence-corrected chi connectivity index (χ1v) is 2.32. The summed E-state index contributed by atoms with van der Waals surface area (Å²) < 4.78 is 4.99. The molecule has 1 aromatic rings. The maximum atomic E-state index is 4.47. The molecule has 0 spiro atoms. The van der Waals surface area contributed by atoms with Crippen molar-refractivity contribution in [3.05, 3.63) is 10.3 Å². The predicted octanol–water partition coefficient (Wildman–Crippen LogP) is 0.474. The Morgan fingerprint density at radius 3 is 2.57 bits per heavy atom. The van der Waals surface area contributed by atoms with E-state index < -0.39 is 0 Å². The second-order valence-electron chi connectivity index (χ2n) is 0.646. The molecule has 1 rings (SSSR count). The van der Waals surface area contributed by atoms with Gasteiger partial charge < -0.3 is 4.42 Å². The van der Waals surface area contributed by atoms with E-state index in [9.17, 15) is 0 Å². The fourth-order valence-electron chi connectivity index (χ4n) is 0.138. The van der Waals surface area contributed by atoms with Crippen molar-refractivity contribution in [2.45, 2.75) is 0 Å². The van der Waals surface area contributed by atoms with Crippen molar-refractivity contribution >= 4 is 22.6 Å². The van der Waals surface area contributed by atoms with E-state index in [-0.39, 0.29) is 31.1 Å². The third-order valence-electron chi connectivity index (χ3n) is 0.299. The monoisotopic (exact) mass is 433 g/mol. The first kappa shape index (κ1) is 7.92. The summed E-state index contributed by atoms with van der Waals surface area (Å²) in [5.74, 6) is 0. The van der Waals surface area contributed by atoms with E-state index in [1.165, 1.54) is 0 Å². The second-order valence-corrected chi connectivity index (χ2v) is 1.57. The van der Waals surface area contributed by atoms with Gasteiger partial charge in [0.05, 0.1) is 6.39 Å². The summed E-state index contributed by atoms with van der Waals surface area (Å²) >= 11 is 1.90. The van der Waals surface area contributed by atoms with Crippen LogP contribution < -0.4 is 0 Å². The van der Waals surface area contributed by atoms with Crippen LogP contribution in [0.3, 0.4) is 0 Å². The molecule has 0 N–H and O–H groups in total. The Balaban J connectivity index is 0.000000360. The van der Waals surface area contributed by atoms with Crippen molar-refractivity contribution in [2.75, 3.05) is 0 Å². The molecule has 0 atom stereocenters. The Bertz CT molecular complexity index is 119. The summed E-state index contributed by atoms with van der Waals surface area (Å²) in [6.07, 6.45) is 2.19.